The summed E-state index contributed by atoms with van der Waals surface area (Å²) in [7, 11) is 1.63. The normalized spacial score (nSPS) is 19.7. The Hall–Kier alpha value is -3.55. The molecule has 1 fully saturated rings. The molecule has 8 heteroatoms. The van der Waals surface area contributed by atoms with Crippen LogP contribution in [0.3, 0.4) is 0 Å². The van der Waals surface area contributed by atoms with Crippen LogP contribution in [0.1, 0.15) is 76.0 Å². The van der Waals surface area contributed by atoms with E-state index in [1.807, 2.05) is 31.2 Å². The number of alkyl carbamates (subject to hydrolysis) is 1. The second-order valence-electron chi connectivity index (χ2n) is 11.1. The number of esters is 1. The summed E-state index contributed by atoms with van der Waals surface area (Å²) in [5, 5.41) is 5.58. The van der Waals surface area contributed by atoms with Gasteiger partial charge in [0.1, 0.15) is 29.1 Å². The van der Waals surface area contributed by atoms with Crippen molar-refractivity contribution in [3.05, 3.63) is 53.1 Å². The number of ether oxygens (including phenoxy) is 3. The predicted octanol–water partition coefficient (Wildman–Crippen LogP) is 5.64. The topological polar surface area (TPSA) is 103 Å². The smallest absolute Gasteiger partial charge is 0.408 e. The van der Waals surface area contributed by atoms with E-state index >= 15 is 0 Å². The van der Waals surface area contributed by atoms with Gasteiger partial charge in [-0.2, -0.15) is 0 Å². The van der Waals surface area contributed by atoms with Crippen molar-refractivity contribution in [3.63, 3.8) is 0 Å². The summed E-state index contributed by atoms with van der Waals surface area (Å²) >= 11 is 0. The average Bonchev–Trinajstić information content (AvgIpc) is 3.00. The number of benzene rings is 2. The van der Waals surface area contributed by atoms with Crippen molar-refractivity contribution in [1.82, 2.24) is 5.32 Å². The largest absolute Gasteiger partial charge is 0.496 e. The minimum atomic E-state index is -0.836. The number of amides is 2. The third-order valence-electron chi connectivity index (χ3n) is 7.44. The van der Waals surface area contributed by atoms with E-state index in [1.54, 1.807) is 40.0 Å². The van der Waals surface area contributed by atoms with Crippen molar-refractivity contribution in [3.8, 4) is 11.5 Å². The Morgan fingerprint density at radius 1 is 1.03 bits per heavy atom. The number of rotatable bonds is 6. The fourth-order valence-electron chi connectivity index (χ4n) is 5.79. The van der Waals surface area contributed by atoms with Gasteiger partial charge < -0.3 is 24.8 Å². The highest BCUT2D eigenvalue weighted by Crippen LogP contribution is 2.53. The Kier molecular flexibility index (Phi) is 7.99. The molecule has 1 aliphatic carbocycles. The molecule has 2 N–H and O–H groups in total. The van der Waals surface area contributed by atoms with Gasteiger partial charge in [0.25, 0.3) is 0 Å². The van der Waals surface area contributed by atoms with Gasteiger partial charge in [0.15, 0.2) is 0 Å². The zero-order valence-corrected chi connectivity index (χ0v) is 22.9. The molecule has 1 aliphatic heterocycles. The number of anilines is 1. The third-order valence-corrected chi connectivity index (χ3v) is 7.44. The maximum absolute atomic E-state index is 13.9. The number of fused-ring (bicyclic) bond motifs is 1. The lowest BCUT2D eigenvalue weighted by molar-refractivity contribution is -0.133. The van der Waals surface area contributed by atoms with Crippen LogP contribution in [0.4, 0.5) is 10.5 Å². The maximum Gasteiger partial charge on any atom is 0.408 e. The first-order valence-electron chi connectivity index (χ1n) is 13.3. The van der Waals surface area contributed by atoms with Gasteiger partial charge in [0.2, 0.25) is 5.91 Å². The maximum atomic E-state index is 13.9. The molecule has 38 heavy (non-hydrogen) atoms. The van der Waals surface area contributed by atoms with Gasteiger partial charge in [-0.15, -0.1) is 0 Å². The molecule has 2 aromatic rings. The summed E-state index contributed by atoms with van der Waals surface area (Å²) in [4.78, 5) is 38.1. The Balaban J connectivity index is 1.61. The van der Waals surface area contributed by atoms with E-state index in [4.69, 9.17) is 14.2 Å². The van der Waals surface area contributed by atoms with E-state index in [2.05, 4.69) is 10.6 Å². The predicted molar refractivity (Wildman–Crippen MR) is 145 cm³/mol. The van der Waals surface area contributed by atoms with E-state index in [9.17, 15) is 14.4 Å². The van der Waals surface area contributed by atoms with Gasteiger partial charge in [-0.25, -0.2) is 9.59 Å². The van der Waals surface area contributed by atoms with E-state index in [0.717, 1.165) is 53.8 Å². The minimum Gasteiger partial charge on any atom is -0.496 e. The van der Waals surface area contributed by atoms with Gasteiger partial charge in [-0.3, -0.25) is 4.79 Å². The number of hydrogen-bond acceptors (Lipinski definition) is 6. The van der Waals surface area contributed by atoms with Crippen molar-refractivity contribution in [2.45, 2.75) is 77.2 Å². The third kappa shape index (κ3) is 5.49. The molecule has 0 spiro atoms. The Morgan fingerprint density at radius 2 is 1.68 bits per heavy atom. The Bertz CT molecular complexity index is 1190. The van der Waals surface area contributed by atoms with E-state index in [0.29, 0.717) is 5.75 Å². The lowest BCUT2D eigenvalue weighted by Gasteiger charge is -2.36. The fourth-order valence-corrected chi connectivity index (χ4v) is 5.79. The van der Waals surface area contributed by atoms with E-state index < -0.39 is 23.1 Å². The van der Waals surface area contributed by atoms with E-state index in [-0.39, 0.29) is 18.4 Å². The van der Waals surface area contributed by atoms with Gasteiger partial charge in [-0.05, 0) is 75.8 Å². The second kappa shape index (κ2) is 11.1. The number of methoxy groups -OCH3 is 1. The van der Waals surface area contributed by atoms with Crippen LogP contribution in [0, 0.1) is 12.8 Å². The SMILES string of the molecule is COc1ccc2c(c1C)NC(=O)C2(c1ccc(OC(=O)CNC(=O)OC(C)(C)C)cc1)C1CCCCCC1. The lowest BCUT2D eigenvalue weighted by Crippen LogP contribution is -2.43. The fraction of sp³-hybridized carbons (Fsp3) is 0.500. The minimum absolute atomic E-state index is 0.0259. The quantitative estimate of drug-likeness (QED) is 0.289. The molecule has 1 unspecified atom stereocenters. The van der Waals surface area contributed by atoms with Crippen molar-refractivity contribution in [1.29, 1.82) is 0 Å². The van der Waals surface area contributed by atoms with E-state index in [1.165, 1.54) is 12.8 Å². The molecule has 0 saturated heterocycles. The first-order valence-corrected chi connectivity index (χ1v) is 13.3. The van der Waals surface area contributed by atoms with Gasteiger partial charge >= 0.3 is 12.1 Å². The van der Waals surface area contributed by atoms with Crippen molar-refractivity contribution >= 4 is 23.7 Å². The Morgan fingerprint density at radius 3 is 2.29 bits per heavy atom. The van der Waals surface area contributed by atoms with Crippen molar-refractivity contribution in [2.24, 2.45) is 5.92 Å². The van der Waals surface area contributed by atoms with Crippen molar-refractivity contribution in [2.75, 3.05) is 19.0 Å². The second-order valence-corrected chi connectivity index (χ2v) is 11.1. The highest BCUT2D eigenvalue weighted by Gasteiger charge is 2.53. The highest BCUT2D eigenvalue weighted by molar-refractivity contribution is 6.10. The molecule has 2 amide bonds. The van der Waals surface area contributed by atoms with Crippen molar-refractivity contribution < 1.29 is 28.6 Å². The molecule has 0 aromatic heterocycles. The average molecular weight is 523 g/mol. The van der Waals surface area contributed by atoms with Crippen LogP contribution in [0.5, 0.6) is 11.5 Å². The lowest BCUT2D eigenvalue weighted by atomic mass is 9.64. The molecule has 0 radical (unpaired) electrons. The monoisotopic (exact) mass is 522 g/mol. The summed E-state index contributed by atoms with van der Waals surface area (Å²) < 4.78 is 16.1. The number of hydrogen-bond donors (Lipinski definition) is 2. The molecule has 1 atom stereocenters. The molecule has 0 bridgehead atoms. The summed E-state index contributed by atoms with van der Waals surface area (Å²) in [6.45, 7) is 6.88. The van der Waals surface area contributed by atoms with Gasteiger partial charge in [0, 0.05) is 5.56 Å². The molecule has 1 heterocycles. The van der Waals surface area contributed by atoms with Crippen LogP contribution >= 0.6 is 0 Å². The van der Waals surface area contributed by atoms with Crippen LogP contribution in [0.2, 0.25) is 0 Å². The summed E-state index contributed by atoms with van der Waals surface area (Å²) in [5.41, 5.74) is 2.08. The first kappa shape index (κ1) is 27.5. The first-order chi connectivity index (χ1) is 18.1. The standard InChI is InChI=1S/C30H38N2O6/c1-19-24(36-5)17-16-23-26(19)32-27(34)30(23,20-10-8-6-7-9-11-20)21-12-14-22(15-13-21)37-25(33)18-31-28(35)38-29(2,3)4/h12-17,20H,6-11,18H2,1-5H3,(H,31,35)(H,32,34). The summed E-state index contributed by atoms with van der Waals surface area (Å²) in [5.74, 6) is 0.578. The molecule has 8 nitrogen and oxygen atoms in total. The summed E-state index contributed by atoms with van der Waals surface area (Å²) in [6, 6.07) is 11.1. The number of carbonyl (C=O) groups is 3. The van der Waals surface area contributed by atoms with Crippen LogP contribution in [0.25, 0.3) is 0 Å². The molecule has 4 rings (SSSR count). The molecular formula is C30H38N2O6. The molecule has 2 aromatic carbocycles. The molecule has 204 valence electrons. The van der Waals surface area contributed by atoms with Crippen LogP contribution in [-0.4, -0.2) is 37.2 Å². The van der Waals surface area contributed by atoms with Gasteiger partial charge in [-0.1, -0.05) is 43.9 Å². The van der Waals surface area contributed by atoms with Crippen LogP contribution in [0.15, 0.2) is 36.4 Å². The van der Waals surface area contributed by atoms with Crippen LogP contribution < -0.4 is 20.1 Å². The number of carbonyl (C=O) groups excluding carboxylic acids is 3. The number of nitrogens with one attached hydrogen (secondary N) is 2. The highest BCUT2D eigenvalue weighted by atomic mass is 16.6. The zero-order valence-electron chi connectivity index (χ0n) is 22.9. The zero-order chi connectivity index (χ0) is 27.5. The molecular weight excluding hydrogens is 484 g/mol. The van der Waals surface area contributed by atoms with Gasteiger partial charge in [0.05, 0.1) is 12.8 Å². The van der Waals surface area contributed by atoms with Crippen LogP contribution in [-0.2, 0) is 19.7 Å². The summed E-state index contributed by atoms with van der Waals surface area (Å²) in [6.07, 6.45) is 5.77. The molecule has 1 saturated carbocycles. The molecule has 2 aliphatic rings. The Labute approximate surface area is 224 Å².